The average Bonchev–Trinajstić information content (AvgIpc) is 2.67. The summed E-state index contributed by atoms with van der Waals surface area (Å²) < 4.78 is 5.16. The Balaban J connectivity index is 2.19. The van der Waals surface area contributed by atoms with E-state index in [0.29, 0.717) is 16.5 Å². The second kappa shape index (κ2) is 10.5. The number of hydrogen-bond donors (Lipinski definition) is 1. The Kier molecular flexibility index (Phi) is 8.53. The predicted molar refractivity (Wildman–Crippen MR) is 121 cm³/mol. The van der Waals surface area contributed by atoms with Gasteiger partial charge in [0.25, 0.3) is 0 Å². The number of ether oxygens (including phenoxy) is 1. The monoisotopic (exact) mass is 433 g/mol. The number of anilines is 1. The van der Waals surface area contributed by atoms with E-state index in [0.717, 1.165) is 50.3 Å². The van der Waals surface area contributed by atoms with Crippen molar-refractivity contribution in [3.8, 4) is 0 Å². The van der Waals surface area contributed by atoms with Gasteiger partial charge in [-0.3, -0.25) is 14.4 Å². The summed E-state index contributed by atoms with van der Waals surface area (Å²) in [5.74, 6) is 0.114. The number of rotatable bonds is 8. The second-order valence-corrected chi connectivity index (χ2v) is 10.2. The fourth-order valence-corrected chi connectivity index (χ4v) is 4.78. The molecule has 0 saturated heterocycles. The van der Waals surface area contributed by atoms with Crippen LogP contribution in [0.25, 0.3) is 0 Å². The number of benzene rings is 1. The van der Waals surface area contributed by atoms with Crippen LogP contribution < -0.4 is 5.32 Å². The summed E-state index contributed by atoms with van der Waals surface area (Å²) in [5, 5.41) is 2.84. The SMILES string of the molecule is CC(=O)OC(C)(C)C(=O)Sc1ccccc1NC(=O)C1(CCC(C)C)CCCCC1. The number of carbonyl (C=O) groups is 3. The third-order valence-corrected chi connectivity index (χ3v) is 6.97. The average molecular weight is 434 g/mol. The molecule has 5 nitrogen and oxygen atoms in total. The highest BCUT2D eigenvalue weighted by molar-refractivity contribution is 8.14. The van der Waals surface area contributed by atoms with E-state index in [4.69, 9.17) is 4.74 Å². The van der Waals surface area contributed by atoms with Crippen LogP contribution in [0.4, 0.5) is 5.69 Å². The van der Waals surface area contributed by atoms with Gasteiger partial charge in [0.05, 0.1) is 5.69 Å². The third-order valence-electron chi connectivity index (χ3n) is 5.72. The van der Waals surface area contributed by atoms with Gasteiger partial charge in [-0.25, -0.2) is 0 Å². The van der Waals surface area contributed by atoms with Crippen LogP contribution in [0.15, 0.2) is 29.2 Å². The van der Waals surface area contributed by atoms with Crippen LogP contribution in [0.5, 0.6) is 0 Å². The molecular weight excluding hydrogens is 398 g/mol. The smallest absolute Gasteiger partial charge is 0.303 e. The fraction of sp³-hybridized carbons (Fsp3) is 0.625. The van der Waals surface area contributed by atoms with Gasteiger partial charge in [0.2, 0.25) is 11.0 Å². The van der Waals surface area contributed by atoms with Gasteiger partial charge in [0.1, 0.15) is 0 Å². The van der Waals surface area contributed by atoms with E-state index >= 15 is 0 Å². The lowest BCUT2D eigenvalue weighted by Gasteiger charge is -2.36. The van der Waals surface area contributed by atoms with Crippen molar-refractivity contribution in [2.45, 2.75) is 90.1 Å². The molecule has 0 unspecified atom stereocenters. The summed E-state index contributed by atoms with van der Waals surface area (Å²) in [5.41, 5.74) is -0.939. The quantitative estimate of drug-likeness (QED) is 0.404. The van der Waals surface area contributed by atoms with Crippen LogP contribution in [0, 0.1) is 11.3 Å². The van der Waals surface area contributed by atoms with E-state index in [1.165, 1.54) is 13.3 Å². The first-order valence-electron chi connectivity index (χ1n) is 10.9. The molecule has 1 N–H and O–H groups in total. The maximum atomic E-state index is 13.4. The van der Waals surface area contributed by atoms with Gasteiger partial charge in [0, 0.05) is 17.2 Å². The van der Waals surface area contributed by atoms with Gasteiger partial charge in [-0.05, 0) is 69.3 Å². The van der Waals surface area contributed by atoms with Crippen LogP contribution in [-0.4, -0.2) is 22.6 Å². The molecule has 1 aliphatic rings. The first-order valence-corrected chi connectivity index (χ1v) is 11.7. The Bertz CT molecular complexity index is 766. The second-order valence-electron chi connectivity index (χ2n) is 9.22. The zero-order chi connectivity index (χ0) is 22.4. The minimum atomic E-state index is -1.24. The molecule has 2 rings (SSSR count). The van der Waals surface area contributed by atoms with E-state index in [1.54, 1.807) is 13.8 Å². The number of hydrogen-bond acceptors (Lipinski definition) is 5. The molecule has 0 atom stereocenters. The maximum absolute atomic E-state index is 13.4. The van der Waals surface area contributed by atoms with E-state index in [2.05, 4.69) is 19.2 Å². The number of carbonyl (C=O) groups excluding carboxylic acids is 3. The normalized spacial score (nSPS) is 16.2. The highest BCUT2D eigenvalue weighted by atomic mass is 32.2. The minimum absolute atomic E-state index is 0.0580. The number of para-hydroxylation sites is 1. The molecule has 1 aliphatic carbocycles. The lowest BCUT2D eigenvalue weighted by Crippen LogP contribution is -2.38. The molecule has 1 saturated carbocycles. The van der Waals surface area contributed by atoms with Gasteiger partial charge in [-0.1, -0.05) is 45.2 Å². The molecule has 0 spiro atoms. The number of amides is 1. The fourth-order valence-electron chi connectivity index (χ4n) is 3.92. The van der Waals surface area contributed by atoms with Gasteiger partial charge in [-0.2, -0.15) is 0 Å². The van der Waals surface area contributed by atoms with Gasteiger partial charge >= 0.3 is 5.97 Å². The molecule has 0 aliphatic heterocycles. The summed E-state index contributed by atoms with van der Waals surface area (Å²) >= 11 is 0.994. The van der Waals surface area contributed by atoms with Crippen molar-refractivity contribution in [1.29, 1.82) is 0 Å². The van der Waals surface area contributed by atoms with Gasteiger partial charge in [-0.15, -0.1) is 0 Å². The number of thioether (sulfide) groups is 1. The number of nitrogens with one attached hydrogen (secondary N) is 1. The van der Waals surface area contributed by atoms with Crippen LogP contribution >= 0.6 is 11.8 Å². The maximum Gasteiger partial charge on any atom is 0.303 e. The molecule has 0 heterocycles. The minimum Gasteiger partial charge on any atom is -0.451 e. The van der Waals surface area contributed by atoms with Crippen molar-refractivity contribution < 1.29 is 19.1 Å². The van der Waals surface area contributed by atoms with Crippen molar-refractivity contribution in [3.05, 3.63) is 24.3 Å². The topological polar surface area (TPSA) is 72.5 Å². The van der Waals surface area contributed by atoms with Crippen LogP contribution in [0.3, 0.4) is 0 Å². The van der Waals surface area contributed by atoms with Crippen molar-refractivity contribution in [2.75, 3.05) is 5.32 Å². The molecular formula is C24H35NO4S. The summed E-state index contributed by atoms with van der Waals surface area (Å²) in [6.45, 7) is 8.82. The summed E-state index contributed by atoms with van der Waals surface area (Å²) in [4.78, 5) is 38.1. The molecule has 166 valence electrons. The lowest BCUT2D eigenvalue weighted by atomic mass is 9.69. The van der Waals surface area contributed by atoms with Gasteiger partial charge in [0.15, 0.2) is 5.60 Å². The lowest BCUT2D eigenvalue weighted by molar-refractivity contribution is -0.158. The van der Waals surface area contributed by atoms with E-state index in [-0.39, 0.29) is 16.4 Å². The molecule has 1 fully saturated rings. The molecule has 1 aromatic rings. The summed E-state index contributed by atoms with van der Waals surface area (Å²) in [6, 6.07) is 7.32. The Morgan fingerprint density at radius 2 is 1.77 bits per heavy atom. The van der Waals surface area contributed by atoms with Crippen molar-refractivity contribution >= 4 is 34.4 Å². The largest absolute Gasteiger partial charge is 0.451 e. The molecule has 6 heteroatoms. The molecule has 1 amide bonds. The Hall–Kier alpha value is -1.82. The Morgan fingerprint density at radius 1 is 1.13 bits per heavy atom. The summed E-state index contributed by atoms with van der Waals surface area (Å²) in [7, 11) is 0. The Morgan fingerprint density at radius 3 is 2.37 bits per heavy atom. The molecule has 0 aromatic heterocycles. The predicted octanol–water partition coefficient (Wildman–Crippen LogP) is 5.97. The van der Waals surface area contributed by atoms with E-state index in [9.17, 15) is 14.4 Å². The zero-order valence-electron chi connectivity index (χ0n) is 18.9. The molecule has 30 heavy (non-hydrogen) atoms. The first-order chi connectivity index (χ1) is 14.1. The first kappa shape index (κ1) is 24.4. The van der Waals surface area contributed by atoms with Crippen LogP contribution in [-0.2, 0) is 19.1 Å². The third kappa shape index (κ3) is 6.59. The molecule has 0 radical (unpaired) electrons. The van der Waals surface area contributed by atoms with E-state index < -0.39 is 11.6 Å². The highest BCUT2D eigenvalue weighted by Crippen LogP contribution is 2.43. The highest BCUT2D eigenvalue weighted by Gasteiger charge is 2.39. The molecule has 1 aromatic carbocycles. The van der Waals surface area contributed by atoms with Crippen molar-refractivity contribution in [3.63, 3.8) is 0 Å². The number of esters is 1. The zero-order valence-corrected chi connectivity index (χ0v) is 19.7. The van der Waals surface area contributed by atoms with Gasteiger partial charge < -0.3 is 10.1 Å². The standard InChI is InChI=1S/C24H35NO4S/c1-17(2)13-16-24(14-9-6-10-15-24)21(27)25-19-11-7-8-12-20(19)30-22(28)23(4,5)29-18(3)26/h7-8,11-12,17H,6,9-10,13-16H2,1-5H3,(H,25,27). The van der Waals surface area contributed by atoms with Crippen LogP contribution in [0.1, 0.15) is 79.6 Å². The van der Waals surface area contributed by atoms with E-state index in [1.807, 2.05) is 24.3 Å². The summed E-state index contributed by atoms with van der Waals surface area (Å²) in [6.07, 6.45) is 7.10. The van der Waals surface area contributed by atoms with Crippen LogP contribution in [0.2, 0.25) is 0 Å². The van der Waals surface area contributed by atoms with Crippen molar-refractivity contribution in [2.24, 2.45) is 11.3 Å². The molecule has 0 bridgehead atoms. The Labute approximate surface area is 184 Å². The van der Waals surface area contributed by atoms with Crippen molar-refractivity contribution in [1.82, 2.24) is 0 Å².